The molecule has 1 aliphatic rings. The number of amides is 1. The van der Waals surface area contributed by atoms with Crippen molar-refractivity contribution in [1.29, 1.82) is 0 Å². The average molecular weight is 301 g/mol. The van der Waals surface area contributed by atoms with E-state index in [9.17, 15) is 13.6 Å². The number of rotatable bonds is 5. The van der Waals surface area contributed by atoms with Gasteiger partial charge >= 0.3 is 0 Å². The summed E-state index contributed by atoms with van der Waals surface area (Å²) in [5, 5.41) is 8.88. The van der Waals surface area contributed by atoms with Crippen molar-refractivity contribution >= 4 is 17.7 Å². The highest BCUT2D eigenvalue weighted by Gasteiger charge is 2.25. The summed E-state index contributed by atoms with van der Waals surface area (Å²) in [5.41, 5.74) is 0. The molecule has 1 aromatic rings. The Kier molecular flexibility index (Phi) is 5.37. The van der Waals surface area contributed by atoms with Gasteiger partial charge in [0.15, 0.2) is 11.6 Å². The van der Waals surface area contributed by atoms with Gasteiger partial charge in [-0.3, -0.25) is 4.79 Å². The summed E-state index contributed by atoms with van der Waals surface area (Å²) in [5.74, 6) is -1.19. The summed E-state index contributed by atoms with van der Waals surface area (Å²) < 4.78 is 25.8. The molecule has 1 unspecified atom stereocenters. The van der Waals surface area contributed by atoms with Crippen molar-refractivity contribution in [3.63, 3.8) is 0 Å². The van der Waals surface area contributed by atoms with Crippen LogP contribution in [0.4, 0.5) is 8.78 Å². The third-order valence-corrected chi connectivity index (χ3v) is 4.41. The number of aliphatic hydroxyl groups excluding tert-OH is 1. The predicted octanol–water partition coefficient (Wildman–Crippen LogP) is 2.29. The number of carbonyl (C=O) groups excluding carboxylic acids is 1. The van der Waals surface area contributed by atoms with E-state index >= 15 is 0 Å². The van der Waals surface area contributed by atoms with E-state index in [0.29, 0.717) is 23.9 Å². The van der Waals surface area contributed by atoms with Crippen molar-refractivity contribution in [2.45, 2.75) is 17.7 Å². The minimum atomic E-state index is -0.897. The Morgan fingerprint density at radius 2 is 2.20 bits per heavy atom. The molecule has 1 fully saturated rings. The number of halogens is 2. The molecular weight excluding hydrogens is 284 g/mol. The van der Waals surface area contributed by atoms with Gasteiger partial charge in [0, 0.05) is 24.6 Å². The molecule has 1 heterocycles. The van der Waals surface area contributed by atoms with Gasteiger partial charge in [0.25, 0.3) is 0 Å². The molecule has 3 nitrogen and oxygen atoms in total. The highest BCUT2D eigenvalue weighted by atomic mass is 32.2. The van der Waals surface area contributed by atoms with E-state index < -0.39 is 11.6 Å². The standard InChI is InChI=1S/C14H17F2NO2S/c15-12-2-1-11(7-13(12)16)20-9-14(19)17-5-3-10(8-17)4-6-18/h1-2,7,10,18H,3-6,8-9H2. The fourth-order valence-corrected chi connectivity index (χ4v) is 3.10. The Bertz CT molecular complexity index is 484. The first kappa shape index (κ1) is 15.3. The molecule has 1 aliphatic heterocycles. The lowest BCUT2D eigenvalue weighted by molar-refractivity contribution is -0.127. The molecule has 1 saturated heterocycles. The van der Waals surface area contributed by atoms with Crippen LogP contribution in [-0.2, 0) is 4.79 Å². The van der Waals surface area contributed by atoms with E-state index in [0.717, 1.165) is 25.0 Å². The Balaban J connectivity index is 1.82. The molecule has 6 heteroatoms. The van der Waals surface area contributed by atoms with E-state index in [1.165, 1.54) is 17.8 Å². The lowest BCUT2D eigenvalue weighted by atomic mass is 10.1. The molecule has 0 radical (unpaired) electrons. The Hall–Kier alpha value is -1.14. The second-order valence-electron chi connectivity index (χ2n) is 4.87. The summed E-state index contributed by atoms with van der Waals surface area (Å²) in [6.07, 6.45) is 1.64. The number of thioether (sulfide) groups is 1. The van der Waals surface area contributed by atoms with Crippen molar-refractivity contribution in [3.05, 3.63) is 29.8 Å². The minimum absolute atomic E-state index is 0.000160. The topological polar surface area (TPSA) is 40.5 Å². The predicted molar refractivity (Wildman–Crippen MR) is 73.5 cm³/mol. The maximum absolute atomic E-state index is 13.0. The maximum atomic E-state index is 13.0. The molecule has 1 aromatic carbocycles. The van der Waals surface area contributed by atoms with Crippen LogP contribution in [0.2, 0.25) is 0 Å². The highest BCUT2D eigenvalue weighted by molar-refractivity contribution is 8.00. The lowest BCUT2D eigenvalue weighted by Gasteiger charge is -2.16. The van der Waals surface area contributed by atoms with E-state index in [4.69, 9.17) is 5.11 Å². The first-order chi connectivity index (χ1) is 9.60. The van der Waals surface area contributed by atoms with Crippen molar-refractivity contribution in [1.82, 2.24) is 4.90 Å². The van der Waals surface area contributed by atoms with E-state index in [1.54, 1.807) is 4.90 Å². The van der Waals surface area contributed by atoms with Crippen LogP contribution in [0.25, 0.3) is 0 Å². The van der Waals surface area contributed by atoms with Crippen LogP contribution < -0.4 is 0 Å². The van der Waals surface area contributed by atoms with E-state index in [1.807, 2.05) is 0 Å². The zero-order valence-electron chi connectivity index (χ0n) is 11.0. The van der Waals surface area contributed by atoms with Crippen LogP contribution >= 0.6 is 11.8 Å². The molecule has 1 atom stereocenters. The molecule has 0 bridgehead atoms. The quantitative estimate of drug-likeness (QED) is 0.848. The van der Waals surface area contributed by atoms with Gasteiger partial charge in [-0.05, 0) is 37.0 Å². The fraction of sp³-hybridized carbons (Fsp3) is 0.500. The summed E-state index contributed by atoms with van der Waals surface area (Å²) in [4.78, 5) is 14.3. The van der Waals surface area contributed by atoms with Gasteiger partial charge in [-0.15, -0.1) is 11.8 Å². The molecule has 1 N–H and O–H groups in total. The molecular formula is C14H17F2NO2S. The molecule has 20 heavy (non-hydrogen) atoms. The van der Waals surface area contributed by atoms with Crippen molar-refractivity contribution < 1.29 is 18.7 Å². The maximum Gasteiger partial charge on any atom is 0.232 e. The average Bonchev–Trinajstić information content (AvgIpc) is 2.89. The van der Waals surface area contributed by atoms with Crippen LogP contribution in [0.1, 0.15) is 12.8 Å². The fourth-order valence-electron chi connectivity index (χ4n) is 2.28. The summed E-state index contributed by atoms with van der Waals surface area (Å²) in [6.45, 7) is 1.54. The van der Waals surface area contributed by atoms with Crippen molar-refractivity contribution in [2.75, 3.05) is 25.4 Å². The normalized spacial score (nSPS) is 18.6. The van der Waals surface area contributed by atoms with Crippen molar-refractivity contribution in [3.8, 4) is 0 Å². The number of aliphatic hydroxyl groups is 1. The lowest BCUT2D eigenvalue weighted by Crippen LogP contribution is -2.30. The van der Waals surface area contributed by atoms with Crippen LogP contribution in [-0.4, -0.2) is 41.4 Å². The molecule has 2 rings (SSSR count). The third kappa shape index (κ3) is 3.93. The first-order valence-electron chi connectivity index (χ1n) is 6.56. The van der Waals surface area contributed by atoms with Gasteiger partial charge in [0.2, 0.25) is 5.91 Å². The highest BCUT2D eigenvalue weighted by Crippen LogP contribution is 2.23. The molecule has 1 amide bonds. The van der Waals surface area contributed by atoms with Gasteiger partial charge in [0.1, 0.15) is 0 Å². The molecule has 0 spiro atoms. The second kappa shape index (κ2) is 7.04. The van der Waals surface area contributed by atoms with Crippen LogP contribution in [0.15, 0.2) is 23.1 Å². The number of hydrogen-bond donors (Lipinski definition) is 1. The van der Waals surface area contributed by atoms with Crippen LogP contribution in [0.5, 0.6) is 0 Å². The minimum Gasteiger partial charge on any atom is -0.396 e. The van der Waals surface area contributed by atoms with Gasteiger partial charge in [-0.2, -0.15) is 0 Å². The number of carbonyl (C=O) groups is 1. The van der Waals surface area contributed by atoms with Gasteiger partial charge < -0.3 is 10.0 Å². The summed E-state index contributed by atoms with van der Waals surface area (Å²) in [7, 11) is 0. The smallest absolute Gasteiger partial charge is 0.232 e. The zero-order chi connectivity index (χ0) is 14.5. The SMILES string of the molecule is O=C(CSc1ccc(F)c(F)c1)N1CCC(CCO)C1. The number of likely N-dealkylation sites (tertiary alicyclic amines) is 1. The molecule has 110 valence electrons. The summed E-state index contributed by atoms with van der Waals surface area (Å²) >= 11 is 1.21. The van der Waals surface area contributed by atoms with Gasteiger partial charge in [-0.25, -0.2) is 8.78 Å². The van der Waals surface area contributed by atoms with Crippen LogP contribution in [0, 0.1) is 17.6 Å². The number of hydrogen-bond acceptors (Lipinski definition) is 3. The Morgan fingerprint density at radius 1 is 1.40 bits per heavy atom. The Morgan fingerprint density at radius 3 is 2.90 bits per heavy atom. The number of benzene rings is 1. The second-order valence-corrected chi connectivity index (χ2v) is 5.92. The monoisotopic (exact) mass is 301 g/mol. The largest absolute Gasteiger partial charge is 0.396 e. The summed E-state index contributed by atoms with van der Waals surface area (Å²) in [6, 6.07) is 3.63. The van der Waals surface area contributed by atoms with Gasteiger partial charge in [0.05, 0.1) is 5.75 Å². The zero-order valence-corrected chi connectivity index (χ0v) is 11.8. The van der Waals surface area contributed by atoms with Crippen molar-refractivity contribution in [2.24, 2.45) is 5.92 Å². The van der Waals surface area contributed by atoms with E-state index in [-0.39, 0.29) is 18.3 Å². The number of nitrogens with zero attached hydrogens (tertiary/aromatic N) is 1. The molecule has 0 saturated carbocycles. The first-order valence-corrected chi connectivity index (χ1v) is 7.55. The molecule has 0 aromatic heterocycles. The van der Waals surface area contributed by atoms with Crippen LogP contribution in [0.3, 0.4) is 0 Å². The Labute approximate surface area is 121 Å². The van der Waals surface area contributed by atoms with Gasteiger partial charge in [-0.1, -0.05) is 0 Å². The third-order valence-electron chi connectivity index (χ3n) is 3.43. The molecule has 0 aliphatic carbocycles. The van der Waals surface area contributed by atoms with E-state index in [2.05, 4.69) is 0 Å².